The molecule has 1 amide bonds. The molecule has 0 bridgehead atoms. The average molecular weight is 354 g/mol. The molecule has 0 saturated carbocycles. The van der Waals surface area contributed by atoms with E-state index in [1.165, 1.54) is 17.1 Å². The third-order valence-electron chi connectivity index (χ3n) is 3.88. The van der Waals surface area contributed by atoms with Crippen molar-refractivity contribution in [2.45, 2.75) is 26.1 Å². The van der Waals surface area contributed by atoms with Crippen LogP contribution in [-0.2, 0) is 24.4 Å². The highest BCUT2D eigenvalue weighted by Gasteiger charge is 2.17. The van der Waals surface area contributed by atoms with E-state index in [2.05, 4.69) is 5.10 Å². The lowest BCUT2D eigenvalue weighted by Crippen LogP contribution is -2.30. The summed E-state index contributed by atoms with van der Waals surface area (Å²) in [4.78, 5) is 24.6. The van der Waals surface area contributed by atoms with Gasteiger partial charge < -0.3 is 9.32 Å². The Bertz CT molecular complexity index is 858. The molecule has 134 valence electrons. The molecule has 0 spiro atoms. The second-order valence-electron chi connectivity index (χ2n) is 5.78. The van der Waals surface area contributed by atoms with Crippen LogP contribution >= 0.6 is 0 Å². The Morgan fingerprint density at radius 1 is 1.19 bits per heavy atom. The molecule has 1 aromatic carbocycles. The number of rotatable bonds is 8. The van der Waals surface area contributed by atoms with Crippen molar-refractivity contribution in [1.82, 2.24) is 14.7 Å². The highest BCUT2D eigenvalue weighted by atomic mass is 16.6. The number of amides is 1. The number of furan rings is 1. The Hall–Kier alpha value is -3.42. The predicted octanol–water partition coefficient (Wildman–Crippen LogP) is 3.00. The van der Waals surface area contributed by atoms with E-state index in [1.807, 2.05) is 36.4 Å². The monoisotopic (exact) mass is 354 g/mol. The Balaban J connectivity index is 1.66. The van der Waals surface area contributed by atoms with Gasteiger partial charge >= 0.3 is 5.69 Å². The number of aryl methyl sites for hydroxylation is 1. The molecule has 3 aromatic rings. The van der Waals surface area contributed by atoms with Crippen molar-refractivity contribution >= 4 is 11.6 Å². The fourth-order valence-electron chi connectivity index (χ4n) is 2.56. The number of nitro groups is 1. The number of carbonyl (C=O) groups excluding carboxylic acids is 1. The summed E-state index contributed by atoms with van der Waals surface area (Å²) in [6, 6.07) is 13.3. The maximum absolute atomic E-state index is 12.7. The zero-order valence-electron chi connectivity index (χ0n) is 14.0. The average Bonchev–Trinajstić information content (AvgIpc) is 3.32. The second-order valence-corrected chi connectivity index (χ2v) is 5.78. The molecular weight excluding hydrogens is 336 g/mol. The first kappa shape index (κ1) is 17.4. The fourth-order valence-corrected chi connectivity index (χ4v) is 2.56. The van der Waals surface area contributed by atoms with Crippen molar-refractivity contribution in [3.05, 3.63) is 82.6 Å². The summed E-state index contributed by atoms with van der Waals surface area (Å²) in [5.74, 6) is 0.618. The molecule has 8 nitrogen and oxygen atoms in total. The van der Waals surface area contributed by atoms with Gasteiger partial charge in [-0.15, -0.1) is 0 Å². The molecule has 0 aliphatic heterocycles. The molecule has 8 heteroatoms. The van der Waals surface area contributed by atoms with E-state index in [9.17, 15) is 14.9 Å². The van der Waals surface area contributed by atoms with Crippen molar-refractivity contribution in [3.63, 3.8) is 0 Å². The van der Waals surface area contributed by atoms with Gasteiger partial charge in [0.05, 0.1) is 17.7 Å². The van der Waals surface area contributed by atoms with Crippen LogP contribution in [0.15, 0.2) is 65.5 Å². The van der Waals surface area contributed by atoms with Crippen LogP contribution in [0.25, 0.3) is 0 Å². The first-order valence-electron chi connectivity index (χ1n) is 8.13. The van der Waals surface area contributed by atoms with Gasteiger partial charge in [-0.25, -0.2) is 0 Å². The van der Waals surface area contributed by atoms with Crippen molar-refractivity contribution in [2.75, 3.05) is 0 Å². The Morgan fingerprint density at radius 2 is 2.00 bits per heavy atom. The van der Waals surface area contributed by atoms with E-state index in [1.54, 1.807) is 17.2 Å². The number of carbonyl (C=O) groups is 1. The molecule has 0 radical (unpaired) electrons. The molecule has 0 aliphatic carbocycles. The van der Waals surface area contributed by atoms with Gasteiger partial charge in [-0.05, 0) is 17.7 Å². The van der Waals surface area contributed by atoms with E-state index in [4.69, 9.17) is 4.42 Å². The van der Waals surface area contributed by atoms with Gasteiger partial charge in [0.15, 0.2) is 0 Å². The lowest BCUT2D eigenvalue weighted by molar-refractivity contribution is -0.385. The maximum atomic E-state index is 12.7. The molecule has 2 aromatic heterocycles. The first-order valence-corrected chi connectivity index (χ1v) is 8.13. The zero-order chi connectivity index (χ0) is 18.4. The molecule has 3 rings (SSSR count). The van der Waals surface area contributed by atoms with Crippen LogP contribution < -0.4 is 0 Å². The van der Waals surface area contributed by atoms with Crippen molar-refractivity contribution < 1.29 is 14.1 Å². The van der Waals surface area contributed by atoms with Gasteiger partial charge in [0.1, 0.15) is 18.2 Å². The number of benzene rings is 1. The number of hydrogen-bond acceptors (Lipinski definition) is 5. The predicted molar refractivity (Wildman–Crippen MR) is 92.9 cm³/mol. The van der Waals surface area contributed by atoms with Gasteiger partial charge in [-0.3, -0.25) is 19.6 Å². The van der Waals surface area contributed by atoms with Gasteiger partial charge in [0.2, 0.25) is 5.91 Å². The van der Waals surface area contributed by atoms with Crippen LogP contribution in [0.1, 0.15) is 17.7 Å². The van der Waals surface area contributed by atoms with Crippen LogP contribution in [0.5, 0.6) is 0 Å². The van der Waals surface area contributed by atoms with E-state index in [-0.39, 0.29) is 24.6 Å². The molecule has 26 heavy (non-hydrogen) atoms. The third-order valence-corrected chi connectivity index (χ3v) is 3.88. The molecule has 0 saturated heterocycles. The molecular formula is C18H18N4O4. The third kappa shape index (κ3) is 4.56. The lowest BCUT2D eigenvalue weighted by Gasteiger charge is -2.22. The van der Waals surface area contributed by atoms with E-state index in [0.717, 1.165) is 5.56 Å². The van der Waals surface area contributed by atoms with Crippen molar-refractivity contribution in [1.29, 1.82) is 0 Å². The quantitative estimate of drug-likeness (QED) is 0.458. The number of aromatic nitrogens is 2. The maximum Gasteiger partial charge on any atom is 0.306 e. The first-order chi connectivity index (χ1) is 12.6. The molecule has 0 N–H and O–H groups in total. The molecule has 0 aliphatic rings. The number of nitrogens with zero attached hydrogens (tertiary/aromatic N) is 4. The summed E-state index contributed by atoms with van der Waals surface area (Å²) in [5, 5.41) is 14.6. The molecule has 0 fully saturated rings. The van der Waals surface area contributed by atoms with E-state index in [0.29, 0.717) is 18.8 Å². The minimum Gasteiger partial charge on any atom is -0.467 e. The minimum atomic E-state index is -0.510. The van der Waals surface area contributed by atoms with Crippen LogP contribution in [0.4, 0.5) is 5.69 Å². The summed E-state index contributed by atoms with van der Waals surface area (Å²) in [7, 11) is 0. The topological polar surface area (TPSA) is 94.4 Å². The molecule has 2 heterocycles. The second kappa shape index (κ2) is 8.11. The highest BCUT2D eigenvalue weighted by molar-refractivity contribution is 5.76. The largest absolute Gasteiger partial charge is 0.467 e. The standard InChI is InChI=1S/C18H18N4O4/c23-18(8-9-21-13-16(11-19-21)22(24)25)20(14-17-7-4-10-26-17)12-15-5-2-1-3-6-15/h1-7,10-11,13H,8-9,12,14H2. The summed E-state index contributed by atoms with van der Waals surface area (Å²) >= 11 is 0. The van der Waals surface area contributed by atoms with Crippen LogP contribution in [-0.4, -0.2) is 25.5 Å². The van der Waals surface area contributed by atoms with Crippen LogP contribution in [0.3, 0.4) is 0 Å². The normalized spacial score (nSPS) is 10.6. The van der Waals surface area contributed by atoms with E-state index >= 15 is 0 Å². The summed E-state index contributed by atoms with van der Waals surface area (Å²) in [6.45, 7) is 1.09. The van der Waals surface area contributed by atoms with Gasteiger partial charge in [-0.2, -0.15) is 5.10 Å². The summed E-state index contributed by atoms with van der Waals surface area (Å²) in [6.07, 6.45) is 4.26. The highest BCUT2D eigenvalue weighted by Crippen LogP contribution is 2.13. The Labute approximate surface area is 149 Å². The number of hydrogen-bond donors (Lipinski definition) is 0. The Morgan fingerprint density at radius 3 is 2.65 bits per heavy atom. The van der Waals surface area contributed by atoms with Crippen molar-refractivity contribution in [2.24, 2.45) is 0 Å². The fraction of sp³-hybridized carbons (Fsp3) is 0.222. The van der Waals surface area contributed by atoms with Crippen LogP contribution in [0, 0.1) is 10.1 Å². The smallest absolute Gasteiger partial charge is 0.306 e. The molecule has 0 unspecified atom stereocenters. The van der Waals surface area contributed by atoms with E-state index < -0.39 is 4.92 Å². The van der Waals surface area contributed by atoms with Crippen LogP contribution in [0.2, 0.25) is 0 Å². The summed E-state index contributed by atoms with van der Waals surface area (Å²) in [5.41, 5.74) is 0.927. The van der Waals surface area contributed by atoms with Gasteiger partial charge in [0.25, 0.3) is 0 Å². The zero-order valence-corrected chi connectivity index (χ0v) is 14.0. The molecule has 0 atom stereocenters. The van der Waals surface area contributed by atoms with Gasteiger partial charge in [-0.1, -0.05) is 30.3 Å². The SMILES string of the molecule is O=C(CCn1cc([N+](=O)[O-])cn1)N(Cc1ccccc1)Cc1ccco1. The van der Waals surface area contributed by atoms with Gasteiger partial charge in [0, 0.05) is 19.5 Å². The minimum absolute atomic E-state index is 0.0802. The lowest BCUT2D eigenvalue weighted by atomic mass is 10.2. The summed E-state index contributed by atoms with van der Waals surface area (Å²) < 4.78 is 6.76. The Kier molecular flexibility index (Phi) is 5.43. The van der Waals surface area contributed by atoms with Crippen molar-refractivity contribution in [3.8, 4) is 0 Å².